The molecule has 2 heterocycles. The minimum absolute atomic E-state index is 0.0559. The number of nitro groups is 1. The van der Waals surface area contributed by atoms with Gasteiger partial charge in [0, 0.05) is 54.6 Å². The molecular formula is C54H60N5O10P. The van der Waals surface area contributed by atoms with Crippen molar-refractivity contribution in [2.45, 2.75) is 95.9 Å². The van der Waals surface area contributed by atoms with Crippen molar-refractivity contribution in [1.29, 1.82) is 5.26 Å². The fourth-order valence-corrected chi connectivity index (χ4v) is 13.0. The summed E-state index contributed by atoms with van der Waals surface area (Å²) in [6, 6.07) is 40.0. The lowest BCUT2D eigenvalue weighted by atomic mass is 9.80. The summed E-state index contributed by atoms with van der Waals surface area (Å²) >= 11 is 0. The molecule has 16 heteroatoms. The molecule has 3 atom stereocenters. The van der Waals surface area contributed by atoms with Gasteiger partial charge in [-0.25, -0.2) is 9.46 Å². The Hall–Kier alpha value is -6.82. The van der Waals surface area contributed by atoms with Crippen LogP contribution in [0.1, 0.15) is 80.1 Å². The average molecular weight is 970 g/mol. The predicted octanol–water partition coefficient (Wildman–Crippen LogP) is 9.85. The summed E-state index contributed by atoms with van der Waals surface area (Å²) in [4.78, 5) is 39.8. The minimum atomic E-state index is -3.26. The minimum Gasteiger partial charge on any atom is -0.497 e. The molecule has 0 spiro atoms. The van der Waals surface area contributed by atoms with Crippen molar-refractivity contribution < 1.29 is 33.2 Å². The van der Waals surface area contributed by atoms with Gasteiger partial charge >= 0.3 is 5.69 Å². The third kappa shape index (κ3) is 10.5. The fraction of sp³-hybridized carbons (Fsp3) is 0.352. The molecule has 70 heavy (non-hydrogen) atoms. The lowest BCUT2D eigenvalue weighted by molar-refractivity contribution is -0.385. The molecule has 1 fully saturated rings. The molecule has 6 aromatic rings. The van der Waals surface area contributed by atoms with E-state index in [9.17, 15) is 25.0 Å². The van der Waals surface area contributed by atoms with Gasteiger partial charge in [0.05, 0.1) is 50.0 Å². The fourth-order valence-electron chi connectivity index (χ4n) is 9.53. The number of aromatic nitrogens is 2. The molecule has 1 aliphatic rings. The third-order valence-corrected chi connectivity index (χ3v) is 17.3. The van der Waals surface area contributed by atoms with Gasteiger partial charge in [0.2, 0.25) is 0 Å². The van der Waals surface area contributed by atoms with Gasteiger partial charge in [0.1, 0.15) is 35.7 Å². The Kier molecular flexibility index (Phi) is 16.3. The van der Waals surface area contributed by atoms with E-state index in [1.165, 1.54) is 16.8 Å². The second kappa shape index (κ2) is 22.3. The molecule has 1 aliphatic heterocycles. The number of methoxy groups -OCH3 is 2. The maximum absolute atomic E-state index is 15.5. The summed E-state index contributed by atoms with van der Waals surface area (Å²) in [5.74, 6) is 1.72. The number of aryl methyl sites for hydroxylation is 1. The Bertz CT molecular complexity index is 2910. The number of rotatable bonds is 21. The molecule has 0 unspecified atom stereocenters. The van der Waals surface area contributed by atoms with Crippen molar-refractivity contribution in [2.24, 2.45) is 0 Å². The van der Waals surface area contributed by atoms with Crippen LogP contribution >= 0.6 is 7.29 Å². The summed E-state index contributed by atoms with van der Waals surface area (Å²) in [5.41, 5.74) is 0.683. The highest BCUT2D eigenvalue weighted by Gasteiger charge is 2.50. The van der Waals surface area contributed by atoms with Crippen LogP contribution in [0.4, 0.5) is 5.69 Å². The topological polar surface area (TPSA) is 177 Å². The van der Waals surface area contributed by atoms with E-state index in [1.807, 2.05) is 111 Å². The maximum atomic E-state index is 15.5. The molecular weight excluding hydrogens is 910 g/mol. The van der Waals surface area contributed by atoms with E-state index in [0.29, 0.717) is 33.9 Å². The molecule has 1 aromatic heterocycles. The zero-order valence-electron chi connectivity index (χ0n) is 40.6. The van der Waals surface area contributed by atoms with Crippen LogP contribution < -0.4 is 25.5 Å². The second-order valence-electron chi connectivity index (χ2n) is 17.9. The van der Waals surface area contributed by atoms with E-state index in [1.54, 1.807) is 63.6 Å². The summed E-state index contributed by atoms with van der Waals surface area (Å²) in [6.45, 7) is 9.32. The summed E-state index contributed by atoms with van der Waals surface area (Å²) in [7, 11) is -0.0407. The number of benzene rings is 5. The average Bonchev–Trinajstić information content (AvgIpc) is 3.79. The number of nitro benzene ring substituents is 1. The lowest BCUT2D eigenvalue weighted by Gasteiger charge is -2.43. The van der Waals surface area contributed by atoms with Gasteiger partial charge in [-0.05, 0) is 71.6 Å². The monoisotopic (exact) mass is 969 g/mol. The Morgan fingerprint density at radius 2 is 1.44 bits per heavy atom. The number of nitriles is 1. The Labute approximate surface area is 408 Å². The van der Waals surface area contributed by atoms with Gasteiger partial charge in [-0.2, -0.15) is 5.26 Å². The first kappa shape index (κ1) is 51.0. The van der Waals surface area contributed by atoms with Crippen molar-refractivity contribution in [1.82, 2.24) is 13.8 Å². The molecule has 0 radical (unpaired) electrons. The Balaban J connectivity index is 1.30. The van der Waals surface area contributed by atoms with Gasteiger partial charge in [0.25, 0.3) is 11.2 Å². The van der Waals surface area contributed by atoms with Crippen molar-refractivity contribution in [3.63, 3.8) is 0 Å². The maximum Gasteiger partial charge on any atom is 0.333 e. The van der Waals surface area contributed by atoms with Crippen molar-refractivity contribution in [3.05, 3.63) is 198 Å². The number of para-hydroxylation sites is 1. The molecule has 7 rings (SSSR count). The van der Waals surface area contributed by atoms with Gasteiger partial charge in [-0.15, -0.1) is 0 Å². The second-order valence-corrected chi connectivity index (χ2v) is 21.8. The first-order valence-electron chi connectivity index (χ1n) is 23.3. The Morgan fingerprint density at radius 1 is 0.843 bits per heavy atom. The number of ether oxygens (including phenoxy) is 5. The highest BCUT2D eigenvalue weighted by molar-refractivity contribution is 7.62. The predicted molar refractivity (Wildman–Crippen MR) is 268 cm³/mol. The van der Waals surface area contributed by atoms with Crippen LogP contribution in [0, 0.1) is 28.4 Å². The molecule has 1 saturated heterocycles. The van der Waals surface area contributed by atoms with Crippen LogP contribution in [-0.2, 0) is 32.8 Å². The van der Waals surface area contributed by atoms with E-state index in [0.717, 1.165) is 21.3 Å². The number of hydrogen-bond acceptors (Lipinski definition) is 11. The molecule has 366 valence electrons. The zero-order chi connectivity index (χ0) is 50.2. The number of hydrogen-bond donors (Lipinski definition) is 0. The van der Waals surface area contributed by atoms with Crippen LogP contribution in [0.5, 0.6) is 17.2 Å². The summed E-state index contributed by atoms with van der Waals surface area (Å²) < 4.78 is 51.6. The first-order chi connectivity index (χ1) is 33.7. The molecule has 0 amide bonds. The number of nitrogens with zero attached hydrogens (tertiary/aromatic N) is 5. The van der Waals surface area contributed by atoms with Crippen LogP contribution in [-0.4, -0.2) is 69.6 Å². The normalized spacial score (nSPS) is 16.1. The van der Waals surface area contributed by atoms with Crippen molar-refractivity contribution in [3.8, 4) is 23.3 Å². The van der Waals surface area contributed by atoms with E-state index in [4.69, 9.17) is 23.7 Å². The van der Waals surface area contributed by atoms with Crippen LogP contribution in [0.3, 0.4) is 0 Å². The van der Waals surface area contributed by atoms with Crippen molar-refractivity contribution in [2.75, 3.05) is 27.4 Å². The first-order valence-corrected chi connectivity index (χ1v) is 25.1. The van der Waals surface area contributed by atoms with Gasteiger partial charge in [-0.1, -0.05) is 107 Å². The molecule has 0 saturated carbocycles. The van der Waals surface area contributed by atoms with E-state index < -0.39 is 47.4 Å². The van der Waals surface area contributed by atoms with Gasteiger partial charge in [-0.3, -0.25) is 24.0 Å². The summed E-state index contributed by atoms with van der Waals surface area (Å²) in [5, 5.41) is 21.6. The van der Waals surface area contributed by atoms with Crippen LogP contribution in [0.15, 0.2) is 143 Å². The standard InChI is InChI=1S/C54H60N5O10P/c1-37(2)70(64,38(3)4)58(30-14-29-55)49-32-51(56-33-39(5)52(60)57(53(56)61)34-40-15-13-19-47(31-40)67-35-41-16-11-12-20-48(41)59(62)63)69-50(49)36-68-54(42-17-9-8-10-18-42,43-21-25-45(65-6)26-22-43)44-23-27-46(66-7)28-24-44/h8-13,15-28,31,33,37-38,49-51H,14,30,32,34-36H2,1-7H3/t49-,50-,51+/m1/s1. The quantitative estimate of drug-likeness (QED) is 0.0289. The molecule has 0 aliphatic carbocycles. The van der Waals surface area contributed by atoms with E-state index in [-0.39, 0.29) is 56.2 Å². The molecule has 0 N–H and O–H groups in total. The van der Waals surface area contributed by atoms with Crippen LogP contribution in [0.2, 0.25) is 0 Å². The Morgan fingerprint density at radius 3 is 2.03 bits per heavy atom. The zero-order valence-corrected chi connectivity index (χ0v) is 41.5. The van der Waals surface area contributed by atoms with Crippen LogP contribution in [0.25, 0.3) is 0 Å². The molecule has 5 aromatic carbocycles. The SMILES string of the molecule is COc1ccc(C(OC[C@H]2O[C@H](n3cc(C)c(=O)n(Cc4cccc(OCc5ccccc5[N+](=O)[O-])c4)c3=O)C[C@H]2N(CCC#N)P(=O)(C(C)C)C(C)C)(c2ccccc2)c2ccc(OC)cc2)cc1. The lowest BCUT2D eigenvalue weighted by Crippen LogP contribution is -2.46. The third-order valence-electron chi connectivity index (χ3n) is 13.1. The van der Waals surface area contributed by atoms with Gasteiger partial charge < -0.3 is 28.2 Å². The van der Waals surface area contributed by atoms with Gasteiger partial charge in [0.15, 0.2) is 7.29 Å². The molecule has 15 nitrogen and oxygen atoms in total. The van der Waals surface area contributed by atoms with E-state index in [2.05, 4.69) is 6.07 Å². The largest absolute Gasteiger partial charge is 0.497 e. The highest BCUT2D eigenvalue weighted by atomic mass is 31.2. The summed E-state index contributed by atoms with van der Waals surface area (Å²) in [6.07, 6.45) is 0.0256. The molecule has 0 bridgehead atoms. The highest BCUT2D eigenvalue weighted by Crippen LogP contribution is 2.61. The van der Waals surface area contributed by atoms with Crippen molar-refractivity contribution >= 4 is 13.0 Å². The smallest absolute Gasteiger partial charge is 0.333 e. The van der Waals surface area contributed by atoms with E-state index >= 15 is 4.57 Å².